The molecule has 0 spiro atoms. The smallest absolute Gasteiger partial charge is 0.421 e. The van der Waals surface area contributed by atoms with Crippen LogP contribution in [-0.4, -0.2) is 59.0 Å². The highest BCUT2D eigenvalue weighted by Crippen LogP contribution is 2.36. The zero-order valence-corrected chi connectivity index (χ0v) is 19.4. The molecule has 0 amide bonds. The first kappa shape index (κ1) is 30.4. The molecule has 0 aromatic carbocycles. The van der Waals surface area contributed by atoms with Crippen LogP contribution in [0.4, 0.5) is 26.3 Å². The minimum atomic E-state index is -6.72. The Labute approximate surface area is 181 Å². The van der Waals surface area contributed by atoms with E-state index in [2.05, 4.69) is 14.0 Å². The molecule has 0 aromatic heterocycles. The zero-order chi connectivity index (χ0) is 24.4. The first-order chi connectivity index (χ1) is 14.0. The molecule has 0 aromatic rings. The predicted octanol–water partition coefficient (Wildman–Crippen LogP) is 5.43. The number of rotatable bonds is 11. The van der Waals surface area contributed by atoms with Gasteiger partial charge < -0.3 is 8.61 Å². The van der Waals surface area contributed by atoms with Crippen molar-refractivity contribution in [1.82, 2.24) is 0 Å². The van der Waals surface area contributed by atoms with E-state index in [1.807, 2.05) is 0 Å². The third-order valence-corrected chi connectivity index (χ3v) is 7.72. The van der Waals surface area contributed by atoms with Crippen LogP contribution in [0.15, 0.2) is 0 Å². The molecule has 31 heavy (non-hydrogen) atoms. The van der Waals surface area contributed by atoms with Gasteiger partial charge in [-0.05, 0) is 12.8 Å². The lowest BCUT2D eigenvalue weighted by atomic mass is 10.1. The van der Waals surface area contributed by atoms with E-state index >= 15 is 0 Å². The average Bonchev–Trinajstić information content (AvgIpc) is 3.02. The Balaban J connectivity index is 0.000000582. The van der Waals surface area contributed by atoms with Crippen LogP contribution < -0.4 is 0 Å². The van der Waals surface area contributed by atoms with E-state index < -0.39 is 31.1 Å². The fourth-order valence-corrected chi connectivity index (χ4v) is 4.87. The molecule has 14 heteroatoms. The van der Waals surface area contributed by atoms with E-state index in [-0.39, 0.29) is 0 Å². The Hall–Kier alpha value is -0.600. The van der Waals surface area contributed by atoms with Crippen molar-refractivity contribution in [2.75, 3.05) is 26.7 Å². The summed E-state index contributed by atoms with van der Waals surface area (Å²) in [5, 5.41) is 0. The Bertz CT molecular complexity index is 674. The van der Waals surface area contributed by atoms with Crippen molar-refractivity contribution < 1.29 is 47.7 Å². The summed E-state index contributed by atoms with van der Waals surface area (Å²) in [5.41, 5.74) is -12.4. The minimum absolute atomic E-state index is 0.778. The van der Waals surface area contributed by atoms with Gasteiger partial charge in [-0.1, -0.05) is 45.4 Å². The maximum Gasteiger partial charge on any atom is 0.480 e. The number of quaternary nitrogens is 1. The van der Waals surface area contributed by atoms with Gasteiger partial charge in [0.05, 0.1) is 26.7 Å². The van der Waals surface area contributed by atoms with Crippen molar-refractivity contribution in [1.29, 1.82) is 0 Å². The molecular weight excluding hydrogens is 474 g/mol. The summed E-state index contributed by atoms with van der Waals surface area (Å²) in [5.74, 6) is 0. The standard InChI is InChI=1S/C15H32N.C2F6NO4S2/c1-3-4-5-6-7-8-9-10-13-16(2)14-11-12-15-16;3-1(4,5)14(10,11)9-15(12,13)2(6,7)8/h3-15H2,1-2H3;/q+1;-1. The molecule has 188 valence electrons. The van der Waals surface area contributed by atoms with E-state index in [4.69, 9.17) is 0 Å². The molecule has 1 heterocycles. The molecule has 0 N–H and O–H groups in total. The van der Waals surface area contributed by atoms with Gasteiger partial charge in [-0.25, -0.2) is 16.8 Å². The van der Waals surface area contributed by atoms with Crippen molar-refractivity contribution in [2.45, 2.75) is 82.1 Å². The van der Waals surface area contributed by atoms with Crippen LogP contribution in [0, 0.1) is 0 Å². The lowest BCUT2D eigenvalue weighted by Crippen LogP contribution is -2.41. The third-order valence-electron chi connectivity index (χ3n) is 4.98. The van der Waals surface area contributed by atoms with E-state index in [0.29, 0.717) is 0 Å². The van der Waals surface area contributed by atoms with Gasteiger partial charge >= 0.3 is 11.0 Å². The van der Waals surface area contributed by atoms with Crippen LogP contribution in [-0.2, 0) is 20.0 Å². The van der Waals surface area contributed by atoms with Crippen LogP contribution in [0.3, 0.4) is 0 Å². The predicted molar refractivity (Wildman–Crippen MR) is 106 cm³/mol. The summed E-state index contributed by atoms with van der Waals surface area (Å²) in [6.45, 7) is 6.61. The highest BCUT2D eigenvalue weighted by molar-refractivity contribution is 8.13. The van der Waals surface area contributed by atoms with Gasteiger partial charge in [0.2, 0.25) is 0 Å². The van der Waals surface area contributed by atoms with Crippen molar-refractivity contribution in [3.63, 3.8) is 0 Å². The topological polar surface area (TPSA) is 82.4 Å². The van der Waals surface area contributed by atoms with Gasteiger partial charge in [0, 0.05) is 12.8 Å². The third kappa shape index (κ3) is 11.7. The fourth-order valence-electron chi connectivity index (χ4n) is 3.16. The van der Waals surface area contributed by atoms with Gasteiger partial charge in [-0.3, -0.25) is 0 Å². The number of sulfonamides is 2. The first-order valence-electron chi connectivity index (χ1n) is 10.2. The molecule has 0 aliphatic carbocycles. The fraction of sp³-hybridized carbons (Fsp3) is 1.00. The van der Waals surface area contributed by atoms with Gasteiger partial charge in [0.1, 0.15) is 0 Å². The largest absolute Gasteiger partial charge is 0.480 e. The molecule has 1 aliphatic rings. The second kappa shape index (κ2) is 12.6. The van der Waals surface area contributed by atoms with Crippen LogP contribution >= 0.6 is 0 Å². The number of alkyl halides is 6. The average molecular weight is 507 g/mol. The SMILES string of the molecule is CCCCCCCCCC[N+]1(C)CCCC1.O=S(=O)([N-]S(=O)(=O)C(F)(F)F)C(F)(F)F. The molecule has 0 radical (unpaired) electrons. The molecule has 1 aliphatic heterocycles. The summed E-state index contributed by atoms with van der Waals surface area (Å²) in [7, 11) is -11.0. The number of unbranched alkanes of at least 4 members (excludes halogenated alkanes) is 7. The van der Waals surface area contributed by atoms with Gasteiger partial charge in [0.15, 0.2) is 20.0 Å². The number of likely N-dealkylation sites (tertiary alicyclic amines) is 1. The summed E-state index contributed by atoms with van der Waals surface area (Å²) < 4.78 is 111. The Morgan fingerprint density at radius 2 is 1.06 bits per heavy atom. The second-order valence-corrected chi connectivity index (χ2v) is 11.3. The maximum absolute atomic E-state index is 11.4. The first-order valence-corrected chi connectivity index (χ1v) is 13.1. The van der Waals surface area contributed by atoms with Gasteiger partial charge in [-0.2, -0.15) is 26.3 Å². The van der Waals surface area contributed by atoms with Gasteiger partial charge in [-0.15, -0.1) is 0 Å². The summed E-state index contributed by atoms with van der Waals surface area (Å²) in [6.07, 6.45) is 14.6. The van der Waals surface area contributed by atoms with E-state index in [1.54, 1.807) is 0 Å². The van der Waals surface area contributed by atoms with Crippen molar-refractivity contribution in [3.05, 3.63) is 4.13 Å². The second-order valence-electron chi connectivity index (χ2n) is 7.89. The van der Waals surface area contributed by atoms with Crippen molar-refractivity contribution in [2.24, 2.45) is 0 Å². The number of hydrogen-bond donors (Lipinski definition) is 0. The van der Waals surface area contributed by atoms with Crippen LogP contribution in [0.5, 0.6) is 0 Å². The zero-order valence-electron chi connectivity index (χ0n) is 17.8. The Morgan fingerprint density at radius 3 is 1.42 bits per heavy atom. The summed E-state index contributed by atoms with van der Waals surface area (Å²) in [6, 6.07) is 0. The molecule has 1 saturated heterocycles. The lowest BCUT2D eigenvalue weighted by Gasteiger charge is -2.29. The van der Waals surface area contributed by atoms with E-state index in [1.165, 1.54) is 88.3 Å². The molecule has 1 rings (SSSR count). The highest BCUT2D eigenvalue weighted by Gasteiger charge is 2.46. The number of nitrogens with zero attached hydrogens (tertiary/aromatic N) is 2. The molecular formula is C17H32F6N2O4S2. The lowest BCUT2D eigenvalue weighted by molar-refractivity contribution is -0.897. The van der Waals surface area contributed by atoms with Crippen LogP contribution in [0.25, 0.3) is 4.13 Å². The number of hydrogen-bond acceptors (Lipinski definition) is 4. The molecule has 0 unspecified atom stereocenters. The van der Waals surface area contributed by atoms with Gasteiger partial charge in [0.25, 0.3) is 0 Å². The molecule has 6 nitrogen and oxygen atoms in total. The summed E-state index contributed by atoms with van der Waals surface area (Å²) >= 11 is 0. The van der Waals surface area contributed by atoms with E-state index in [9.17, 15) is 43.2 Å². The highest BCUT2D eigenvalue weighted by atomic mass is 32.3. The molecule has 0 atom stereocenters. The summed E-state index contributed by atoms with van der Waals surface area (Å²) in [4.78, 5) is 0. The van der Waals surface area contributed by atoms with Crippen LogP contribution in [0.2, 0.25) is 0 Å². The number of halogens is 6. The quantitative estimate of drug-likeness (QED) is 0.213. The molecule has 1 fully saturated rings. The van der Waals surface area contributed by atoms with Crippen molar-refractivity contribution in [3.8, 4) is 0 Å². The molecule has 0 saturated carbocycles. The normalized spacial score (nSPS) is 17.3. The van der Waals surface area contributed by atoms with Crippen molar-refractivity contribution >= 4 is 20.0 Å². The van der Waals surface area contributed by atoms with Crippen LogP contribution in [0.1, 0.15) is 71.1 Å². The molecule has 0 bridgehead atoms. The Kier molecular flexibility index (Phi) is 12.3. The van der Waals surface area contributed by atoms with E-state index in [0.717, 1.165) is 4.13 Å². The monoisotopic (exact) mass is 506 g/mol. The Morgan fingerprint density at radius 1 is 0.710 bits per heavy atom. The minimum Gasteiger partial charge on any atom is -0.421 e. The maximum atomic E-state index is 11.4.